The molecule has 78 valence electrons. The zero-order valence-corrected chi connectivity index (χ0v) is 9.06. The number of hydrogen-bond donors (Lipinski definition) is 2. The first kappa shape index (κ1) is 11.1. The second-order valence-electron chi connectivity index (χ2n) is 2.83. The fourth-order valence-electron chi connectivity index (χ4n) is 0.957. The fraction of sp³-hybridized carbons (Fsp3) is 0.250. The normalized spacial score (nSPS) is 11.3. The standard InChI is InChI=1S/C8H10ClNO3S/c1-6-4-7(11)2-3-8(6)10-14(12,13)5-9/h2-4,10-11H,5H2,1H3. The fourth-order valence-corrected chi connectivity index (χ4v) is 1.74. The van der Waals surface area contributed by atoms with Crippen molar-refractivity contribution in [3.05, 3.63) is 23.8 Å². The third-order valence-corrected chi connectivity index (χ3v) is 3.30. The third-order valence-electron chi connectivity index (χ3n) is 1.62. The minimum atomic E-state index is -3.47. The van der Waals surface area contributed by atoms with E-state index in [1.54, 1.807) is 6.92 Å². The molecule has 0 atom stereocenters. The second-order valence-corrected chi connectivity index (χ2v) is 5.13. The van der Waals surface area contributed by atoms with Crippen LogP contribution in [0, 0.1) is 6.92 Å². The van der Waals surface area contributed by atoms with Crippen molar-refractivity contribution in [2.24, 2.45) is 0 Å². The topological polar surface area (TPSA) is 66.4 Å². The number of sulfonamides is 1. The van der Waals surface area contributed by atoms with Crippen LogP contribution in [0.2, 0.25) is 0 Å². The molecule has 0 unspecified atom stereocenters. The van der Waals surface area contributed by atoms with E-state index in [9.17, 15) is 8.42 Å². The Morgan fingerprint density at radius 1 is 1.50 bits per heavy atom. The number of aromatic hydroxyl groups is 1. The lowest BCUT2D eigenvalue weighted by Gasteiger charge is -2.08. The van der Waals surface area contributed by atoms with E-state index < -0.39 is 15.2 Å². The Morgan fingerprint density at radius 3 is 2.64 bits per heavy atom. The molecule has 4 nitrogen and oxygen atoms in total. The first-order chi connectivity index (χ1) is 6.44. The van der Waals surface area contributed by atoms with Crippen molar-refractivity contribution in [3.8, 4) is 5.75 Å². The highest BCUT2D eigenvalue weighted by Gasteiger charge is 2.09. The highest BCUT2D eigenvalue weighted by molar-refractivity contribution is 7.93. The Kier molecular flexibility index (Phi) is 3.23. The van der Waals surface area contributed by atoms with Crippen LogP contribution >= 0.6 is 11.6 Å². The minimum absolute atomic E-state index is 0.0938. The van der Waals surface area contributed by atoms with Crippen LogP contribution in [-0.2, 0) is 10.0 Å². The van der Waals surface area contributed by atoms with E-state index in [2.05, 4.69) is 4.72 Å². The average molecular weight is 236 g/mol. The highest BCUT2D eigenvalue weighted by Crippen LogP contribution is 2.21. The summed E-state index contributed by atoms with van der Waals surface area (Å²) in [5, 5.41) is 8.60. The lowest BCUT2D eigenvalue weighted by atomic mass is 10.2. The molecule has 0 fully saturated rings. The lowest BCUT2D eigenvalue weighted by molar-refractivity contribution is 0.475. The van der Waals surface area contributed by atoms with Crippen molar-refractivity contribution >= 4 is 27.3 Å². The molecule has 0 spiro atoms. The van der Waals surface area contributed by atoms with Crippen molar-refractivity contribution in [1.82, 2.24) is 0 Å². The molecule has 0 aliphatic carbocycles. The second kappa shape index (κ2) is 4.06. The molecular weight excluding hydrogens is 226 g/mol. The summed E-state index contributed by atoms with van der Waals surface area (Å²) in [5.41, 5.74) is 1.06. The largest absolute Gasteiger partial charge is 0.508 e. The number of phenols is 1. The van der Waals surface area contributed by atoms with Gasteiger partial charge in [0, 0.05) is 0 Å². The van der Waals surface area contributed by atoms with Crippen molar-refractivity contribution in [3.63, 3.8) is 0 Å². The summed E-state index contributed by atoms with van der Waals surface area (Å²) in [5.74, 6) is 0.0938. The minimum Gasteiger partial charge on any atom is -0.508 e. The molecule has 0 heterocycles. The molecule has 2 N–H and O–H groups in total. The summed E-state index contributed by atoms with van der Waals surface area (Å²) >= 11 is 5.23. The number of hydrogen-bond acceptors (Lipinski definition) is 3. The Balaban J connectivity index is 2.99. The Bertz CT molecular complexity index is 430. The van der Waals surface area contributed by atoms with Crippen LogP contribution in [0.5, 0.6) is 5.75 Å². The van der Waals surface area contributed by atoms with Gasteiger partial charge < -0.3 is 5.11 Å². The van der Waals surface area contributed by atoms with E-state index >= 15 is 0 Å². The average Bonchev–Trinajstić information content (AvgIpc) is 2.10. The summed E-state index contributed by atoms with van der Waals surface area (Å²) < 4.78 is 24.5. The molecule has 0 aliphatic heterocycles. The van der Waals surface area contributed by atoms with Gasteiger partial charge in [-0.3, -0.25) is 4.72 Å². The van der Waals surface area contributed by atoms with Crippen LogP contribution in [0.3, 0.4) is 0 Å². The number of alkyl halides is 1. The highest BCUT2D eigenvalue weighted by atomic mass is 35.5. The quantitative estimate of drug-likeness (QED) is 0.618. The SMILES string of the molecule is Cc1cc(O)ccc1NS(=O)(=O)CCl. The number of halogens is 1. The maximum absolute atomic E-state index is 11.1. The smallest absolute Gasteiger partial charge is 0.246 e. The van der Waals surface area contributed by atoms with E-state index in [4.69, 9.17) is 16.7 Å². The monoisotopic (exact) mass is 235 g/mol. The van der Waals surface area contributed by atoms with Crippen molar-refractivity contribution in [2.45, 2.75) is 6.92 Å². The van der Waals surface area contributed by atoms with Gasteiger partial charge in [-0.2, -0.15) is 0 Å². The van der Waals surface area contributed by atoms with Crippen LogP contribution in [-0.4, -0.2) is 18.7 Å². The number of rotatable bonds is 3. The lowest BCUT2D eigenvalue weighted by Crippen LogP contribution is -2.14. The van der Waals surface area contributed by atoms with E-state index in [0.29, 0.717) is 11.3 Å². The third kappa shape index (κ3) is 2.78. The Morgan fingerprint density at radius 2 is 2.14 bits per heavy atom. The number of phenolic OH excluding ortho intramolecular Hbond substituents is 1. The number of benzene rings is 1. The summed E-state index contributed by atoms with van der Waals surface area (Å²) in [4.78, 5) is 0. The van der Waals surface area contributed by atoms with Crippen LogP contribution in [0.1, 0.15) is 5.56 Å². The predicted molar refractivity (Wildman–Crippen MR) is 56.1 cm³/mol. The Labute approximate surface area is 87.6 Å². The van der Waals surface area contributed by atoms with E-state index in [-0.39, 0.29) is 5.75 Å². The van der Waals surface area contributed by atoms with Gasteiger partial charge in [-0.1, -0.05) is 0 Å². The van der Waals surface area contributed by atoms with Gasteiger partial charge in [0.25, 0.3) is 0 Å². The number of aryl methyl sites for hydroxylation is 1. The van der Waals surface area contributed by atoms with Gasteiger partial charge in [0.1, 0.15) is 11.0 Å². The molecular formula is C8H10ClNO3S. The van der Waals surface area contributed by atoms with E-state index in [0.717, 1.165) is 0 Å². The maximum Gasteiger partial charge on any atom is 0.246 e. The van der Waals surface area contributed by atoms with Gasteiger partial charge in [0.15, 0.2) is 0 Å². The summed E-state index contributed by atoms with van der Waals surface area (Å²) in [6.45, 7) is 1.69. The molecule has 0 amide bonds. The first-order valence-electron chi connectivity index (χ1n) is 3.81. The molecule has 1 aromatic rings. The molecule has 0 saturated carbocycles. The van der Waals surface area contributed by atoms with Crippen molar-refractivity contribution in [2.75, 3.05) is 9.93 Å². The van der Waals surface area contributed by atoms with Gasteiger partial charge in [-0.25, -0.2) is 8.42 Å². The summed E-state index contributed by atoms with van der Waals surface area (Å²) in [6.07, 6.45) is 0. The molecule has 6 heteroatoms. The molecule has 0 saturated heterocycles. The first-order valence-corrected chi connectivity index (χ1v) is 5.99. The number of anilines is 1. The Hall–Kier alpha value is -0.940. The van der Waals surface area contributed by atoms with Crippen LogP contribution in [0.25, 0.3) is 0 Å². The van der Waals surface area contributed by atoms with Crippen LogP contribution < -0.4 is 4.72 Å². The summed E-state index contributed by atoms with van der Waals surface area (Å²) in [7, 11) is -3.47. The zero-order valence-electron chi connectivity index (χ0n) is 7.49. The zero-order chi connectivity index (χ0) is 10.8. The van der Waals surface area contributed by atoms with Crippen molar-refractivity contribution < 1.29 is 13.5 Å². The molecule has 0 radical (unpaired) electrons. The molecule has 0 bridgehead atoms. The van der Waals surface area contributed by atoms with Crippen LogP contribution in [0.4, 0.5) is 5.69 Å². The van der Waals surface area contributed by atoms with Crippen LogP contribution in [0.15, 0.2) is 18.2 Å². The molecule has 1 rings (SSSR count). The van der Waals surface area contributed by atoms with Gasteiger partial charge in [0.2, 0.25) is 10.0 Å². The summed E-state index contributed by atoms with van der Waals surface area (Å²) in [6, 6.07) is 4.35. The molecule has 1 aromatic carbocycles. The van der Waals surface area contributed by atoms with Crippen molar-refractivity contribution in [1.29, 1.82) is 0 Å². The molecule has 0 aromatic heterocycles. The van der Waals surface area contributed by atoms with Gasteiger partial charge >= 0.3 is 0 Å². The van der Waals surface area contributed by atoms with Gasteiger partial charge in [-0.05, 0) is 30.7 Å². The predicted octanol–water partition coefficient (Wildman–Crippen LogP) is 1.64. The maximum atomic E-state index is 11.1. The number of nitrogens with one attached hydrogen (secondary N) is 1. The van der Waals surface area contributed by atoms with Gasteiger partial charge in [-0.15, -0.1) is 11.6 Å². The van der Waals surface area contributed by atoms with Gasteiger partial charge in [0.05, 0.1) is 5.69 Å². The molecule has 0 aliphatic rings. The van der Waals surface area contributed by atoms with E-state index in [1.165, 1.54) is 18.2 Å². The molecule has 14 heavy (non-hydrogen) atoms. The van der Waals surface area contributed by atoms with E-state index in [1.807, 2.05) is 0 Å².